The summed E-state index contributed by atoms with van der Waals surface area (Å²) in [5.74, 6) is 0.0637. The van der Waals surface area contributed by atoms with Crippen LogP contribution in [-0.4, -0.2) is 28.0 Å². The van der Waals surface area contributed by atoms with Gasteiger partial charge < -0.3 is 10.1 Å². The molecule has 0 saturated carbocycles. The molecule has 0 aliphatic rings. The first-order chi connectivity index (χ1) is 14.7. The van der Waals surface area contributed by atoms with Gasteiger partial charge in [-0.3, -0.25) is 9.10 Å². The highest BCUT2D eigenvalue weighted by Crippen LogP contribution is 2.27. The zero-order valence-corrected chi connectivity index (χ0v) is 18.9. The Balaban J connectivity index is 1.98. The SMILES string of the molecule is COc1cccc(N(CC(=O)Nc2c(C)cc(C)cc2C)S(=O)(=O)c2ccccc2)c1. The molecule has 1 N–H and O–H groups in total. The van der Waals surface area contributed by atoms with Gasteiger partial charge in [-0.05, 0) is 56.2 Å². The second kappa shape index (κ2) is 9.22. The third-order valence-electron chi connectivity index (χ3n) is 4.90. The molecule has 3 rings (SSSR count). The van der Waals surface area contributed by atoms with E-state index in [1.807, 2.05) is 32.9 Å². The molecule has 0 saturated heterocycles. The molecule has 0 aliphatic carbocycles. The molecule has 0 aromatic heterocycles. The lowest BCUT2D eigenvalue weighted by Crippen LogP contribution is -2.38. The standard InChI is InChI=1S/C24H26N2O4S/c1-17-13-18(2)24(19(3)14-17)25-23(27)16-26(20-9-8-10-21(15-20)30-4)31(28,29)22-11-6-5-7-12-22/h5-15H,16H2,1-4H3,(H,25,27). The van der Waals surface area contributed by atoms with Gasteiger partial charge >= 0.3 is 0 Å². The topological polar surface area (TPSA) is 75.7 Å². The van der Waals surface area contributed by atoms with Crippen molar-refractivity contribution in [2.24, 2.45) is 0 Å². The molecular formula is C24H26N2O4S. The lowest BCUT2D eigenvalue weighted by atomic mass is 10.1. The monoisotopic (exact) mass is 438 g/mol. The molecule has 7 heteroatoms. The van der Waals surface area contributed by atoms with Gasteiger partial charge in [0.1, 0.15) is 12.3 Å². The van der Waals surface area contributed by atoms with Gasteiger partial charge in [-0.2, -0.15) is 0 Å². The molecule has 0 radical (unpaired) electrons. The average molecular weight is 439 g/mol. The first-order valence-electron chi connectivity index (χ1n) is 9.82. The molecule has 31 heavy (non-hydrogen) atoms. The van der Waals surface area contributed by atoms with E-state index in [2.05, 4.69) is 5.32 Å². The average Bonchev–Trinajstić information content (AvgIpc) is 2.75. The lowest BCUT2D eigenvalue weighted by molar-refractivity contribution is -0.114. The van der Waals surface area contributed by atoms with Crippen molar-refractivity contribution in [3.8, 4) is 5.75 Å². The van der Waals surface area contributed by atoms with Crippen molar-refractivity contribution < 1.29 is 17.9 Å². The van der Waals surface area contributed by atoms with Crippen LogP contribution < -0.4 is 14.4 Å². The van der Waals surface area contributed by atoms with Crippen LogP contribution in [0.15, 0.2) is 71.6 Å². The number of carbonyl (C=O) groups is 1. The third kappa shape index (κ3) is 5.06. The minimum atomic E-state index is -3.98. The summed E-state index contributed by atoms with van der Waals surface area (Å²) in [5, 5.41) is 2.88. The summed E-state index contributed by atoms with van der Waals surface area (Å²) in [5.41, 5.74) is 3.97. The highest BCUT2D eigenvalue weighted by atomic mass is 32.2. The molecule has 3 aromatic carbocycles. The van der Waals surface area contributed by atoms with Crippen LogP contribution in [0.2, 0.25) is 0 Å². The molecule has 0 heterocycles. The van der Waals surface area contributed by atoms with E-state index in [0.29, 0.717) is 17.1 Å². The van der Waals surface area contributed by atoms with Gasteiger partial charge in [0.05, 0.1) is 17.7 Å². The Kier molecular flexibility index (Phi) is 6.65. The molecule has 0 unspecified atom stereocenters. The highest BCUT2D eigenvalue weighted by molar-refractivity contribution is 7.92. The van der Waals surface area contributed by atoms with Crippen molar-refractivity contribution in [2.75, 3.05) is 23.3 Å². The van der Waals surface area contributed by atoms with E-state index >= 15 is 0 Å². The molecule has 0 bridgehead atoms. The van der Waals surface area contributed by atoms with Crippen LogP contribution >= 0.6 is 0 Å². The second-order valence-corrected chi connectivity index (χ2v) is 9.21. The van der Waals surface area contributed by atoms with Crippen molar-refractivity contribution in [1.82, 2.24) is 0 Å². The fraction of sp³-hybridized carbons (Fsp3) is 0.208. The van der Waals surface area contributed by atoms with Crippen LogP contribution in [-0.2, 0) is 14.8 Å². The van der Waals surface area contributed by atoms with E-state index in [0.717, 1.165) is 21.0 Å². The number of nitrogens with zero attached hydrogens (tertiary/aromatic N) is 1. The number of hydrogen-bond donors (Lipinski definition) is 1. The summed E-state index contributed by atoms with van der Waals surface area (Å²) in [7, 11) is -2.47. The number of rotatable bonds is 7. The summed E-state index contributed by atoms with van der Waals surface area (Å²) in [6.45, 7) is 5.44. The fourth-order valence-electron chi connectivity index (χ4n) is 3.49. The Bertz CT molecular complexity index is 1170. The molecular weight excluding hydrogens is 412 g/mol. The number of ether oxygens (including phenoxy) is 1. The molecule has 0 aliphatic heterocycles. The van der Waals surface area contributed by atoms with Crippen molar-refractivity contribution in [1.29, 1.82) is 0 Å². The van der Waals surface area contributed by atoms with E-state index in [9.17, 15) is 13.2 Å². The van der Waals surface area contributed by atoms with Crippen molar-refractivity contribution in [3.63, 3.8) is 0 Å². The molecule has 1 amide bonds. The number of nitrogens with one attached hydrogen (secondary N) is 1. The number of benzene rings is 3. The molecule has 6 nitrogen and oxygen atoms in total. The summed E-state index contributed by atoms with van der Waals surface area (Å²) in [6.07, 6.45) is 0. The van der Waals surface area contributed by atoms with Gasteiger partial charge in [0.15, 0.2) is 0 Å². The third-order valence-corrected chi connectivity index (χ3v) is 6.69. The van der Waals surface area contributed by atoms with Gasteiger partial charge in [0.2, 0.25) is 5.91 Å². The van der Waals surface area contributed by atoms with Crippen molar-refractivity contribution in [2.45, 2.75) is 25.7 Å². The van der Waals surface area contributed by atoms with E-state index in [1.54, 1.807) is 42.5 Å². The largest absolute Gasteiger partial charge is 0.497 e. The van der Waals surface area contributed by atoms with Gasteiger partial charge in [0, 0.05) is 11.8 Å². The van der Waals surface area contributed by atoms with Crippen LogP contribution in [0.4, 0.5) is 11.4 Å². The van der Waals surface area contributed by atoms with Crippen molar-refractivity contribution >= 4 is 27.3 Å². The Hall–Kier alpha value is -3.32. The van der Waals surface area contributed by atoms with E-state index in [1.165, 1.54) is 19.2 Å². The van der Waals surface area contributed by atoms with Gasteiger partial charge in [-0.1, -0.05) is 42.0 Å². The number of aryl methyl sites for hydroxylation is 3. The maximum Gasteiger partial charge on any atom is 0.264 e. The van der Waals surface area contributed by atoms with E-state index in [4.69, 9.17) is 4.74 Å². The number of hydrogen-bond acceptors (Lipinski definition) is 4. The quantitative estimate of drug-likeness (QED) is 0.591. The predicted octanol–water partition coefficient (Wildman–Crippen LogP) is 4.45. The maximum atomic E-state index is 13.4. The maximum absolute atomic E-state index is 13.4. The minimum Gasteiger partial charge on any atom is -0.497 e. The van der Waals surface area contributed by atoms with Crippen LogP contribution in [0.3, 0.4) is 0 Å². The number of sulfonamides is 1. The predicted molar refractivity (Wildman–Crippen MR) is 123 cm³/mol. The molecule has 0 fully saturated rings. The van der Waals surface area contributed by atoms with Crippen LogP contribution in [0.25, 0.3) is 0 Å². The number of anilines is 2. The summed E-state index contributed by atoms with van der Waals surface area (Å²) < 4.78 is 33.1. The number of carbonyl (C=O) groups excluding carboxylic acids is 1. The minimum absolute atomic E-state index is 0.105. The zero-order valence-electron chi connectivity index (χ0n) is 18.0. The van der Waals surface area contributed by atoms with Gasteiger partial charge in [-0.15, -0.1) is 0 Å². The molecule has 0 atom stereocenters. The molecule has 162 valence electrons. The Morgan fingerprint density at radius 3 is 2.19 bits per heavy atom. The fourth-order valence-corrected chi connectivity index (χ4v) is 4.92. The Morgan fingerprint density at radius 2 is 1.58 bits per heavy atom. The number of amides is 1. The first kappa shape index (κ1) is 22.4. The van der Waals surface area contributed by atoms with Gasteiger partial charge in [0.25, 0.3) is 10.0 Å². The number of methoxy groups -OCH3 is 1. The van der Waals surface area contributed by atoms with E-state index < -0.39 is 15.9 Å². The smallest absolute Gasteiger partial charge is 0.264 e. The summed E-state index contributed by atoms with van der Waals surface area (Å²) >= 11 is 0. The normalized spacial score (nSPS) is 11.1. The first-order valence-corrected chi connectivity index (χ1v) is 11.3. The van der Waals surface area contributed by atoms with Crippen LogP contribution in [0, 0.1) is 20.8 Å². The molecule has 3 aromatic rings. The Morgan fingerprint density at radius 1 is 0.935 bits per heavy atom. The highest BCUT2D eigenvalue weighted by Gasteiger charge is 2.27. The Labute approximate surface area is 183 Å². The molecule has 0 spiro atoms. The summed E-state index contributed by atoms with van der Waals surface area (Å²) in [6, 6.07) is 18.6. The lowest BCUT2D eigenvalue weighted by Gasteiger charge is -2.25. The van der Waals surface area contributed by atoms with Gasteiger partial charge in [-0.25, -0.2) is 8.42 Å². The zero-order chi connectivity index (χ0) is 22.6. The summed E-state index contributed by atoms with van der Waals surface area (Å²) in [4.78, 5) is 13.1. The van der Waals surface area contributed by atoms with E-state index in [-0.39, 0.29) is 11.4 Å². The van der Waals surface area contributed by atoms with Crippen LogP contribution in [0.1, 0.15) is 16.7 Å². The second-order valence-electron chi connectivity index (χ2n) is 7.35. The van der Waals surface area contributed by atoms with Crippen molar-refractivity contribution in [3.05, 3.63) is 83.4 Å². The van der Waals surface area contributed by atoms with Crippen LogP contribution in [0.5, 0.6) is 5.75 Å².